The van der Waals surface area contributed by atoms with E-state index >= 15 is 0 Å². The first kappa shape index (κ1) is 24.4. The van der Waals surface area contributed by atoms with Crippen molar-refractivity contribution in [2.75, 3.05) is 0 Å². The van der Waals surface area contributed by atoms with Crippen LogP contribution < -0.4 is 19.2 Å². The van der Waals surface area contributed by atoms with E-state index in [1.54, 1.807) is 0 Å². The number of rotatable bonds is 6. The van der Waals surface area contributed by atoms with Crippen LogP contribution in [0.15, 0.2) is 72.8 Å². The fourth-order valence-electron chi connectivity index (χ4n) is 3.01. The Balaban J connectivity index is 1.97. The second kappa shape index (κ2) is 10.3. The van der Waals surface area contributed by atoms with Crippen molar-refractivity contribution in [2.45, 2.75) is 0 Å². The van der Waals surface area contributed by atoms with Gasteiger partial charge in [-0.3, -0.25) is 0 Å². The first-order valence-corrected chi connectivity index (χ1v) is 13.4. The Morgan fingerprint density at radius 3 is 1.24 bits per heavy atom. The van der Waals surface area contributed by atoms with E-state index in [1.807, 2.05) is 60.7 Å². The summed E-state index contributed by atoms with van der Waals surface area (Å²) < 4.78 is 13.1. The molecule has 0 unspecified atom stereocenters. The molecule has 2 aromatic heterocycles. The molecule has 0 amide bonds. The lowest BCUT2D eigenvalue weighted by molar-refractivity contribution is 0.400. The molecule has 2 aromatic carbocycles. The largest absolute Gasteiger partial charge is 0.533 e. The molecule has 0 aliphatic rings. The third-order valence-corrected chi connectivity index (χ3v) is 9.53. The topological polar surface area (TPSA) is 44.2 Å². The molecular weight excluding hydrogens is 565 g/mol. The molecule has 0 aliphatic carbocycles. The van der Waals surface area contributed by atoms with Crippen molar-refractivity contribution < 1.29 is 8.85 Å². The van der Waals surface area contributed by atoms with Gasteiger partial charge in [-0.2, -0.15) is 9.97 Å². The highest BCUT2D eigenvalue weighted by atomic mass is 35.5. The SMILES string of the molecule is Clc1cc(Cl)c(O[Si](Oc2nc(Cl)c(Cl)cc2Cl)(c2ccccc2)c2ccccc2)nc1Cl. The average molecular weight is 577 g/mol. The van der Waals surface area contributed by atoms with Crippen molar-refractivity contribution >= 4 is 88.5 Å². The molecule has 0 bridgehead atoms. The van der Waals surface area contributed by atoms with Gasteiger partial charge in [-0.25, -0.2) is 0 Å². The van der Waals surface area contributed by atoms with Gasteiger partial charge >= 0.3 is 8.56 Å². The van der Waals surface area contributed by atoms with Gasteiger partial charge in [0.05, 0.1) is 10.0 Å². The first-order valence-electron chi connectivity index (χ1n) is 9.32. The molecule has 2 heterocycles. The van der Waals surface area contributed by atoms with Crippen molar-refractivity contribution in [2.24, 2.45) is 0 Å². The number of hydrogen-bond acceptors (Lipinski definition) is 4. The third-order valence-electron chi connectivity index (χ3n) is 4.50. The Morgan fingerprint density at radius 1 is 0.515 bits per heavy atom. The number of pyridine rings is 2. The second-order valence-electron chi connectivity index (χ2n) is 6.65. The van der Waals surface area contributed by atoms with Crippen LogP contribution in [-0.4, -0.2) is 18.5 Å². The van der Waals surface area contributed by atoms with Crippen molar-refractivity contribution in [3.05, 3.63) is 103 Å². The number of nitrogens with zero attached hydrogens (tertiary/aromatic N) is 2. The summed E-state index contributed by atoms with van der Waals surface area (Å²) in [7, 11) is -3.67. The molecule has 0 N–H and O–H groups in total. The lowest BCUT2D eigenvalue weighted by Gasteiger charge is -2.31. The standard InChI is InChI=1S/C22H12Cl6N2O2Si/c23-15-11-17(25)21(29-19(15)27)31-33(13-7-3-1-4-8-13,14-9-5-2-6-10-14)32-22-18(26)12-16(24)20(28)30-22/h1-12H. The predicted molar refractivity (Wildman–Crippen MR) is 138 cm³/mol. The van der Waals surface area contributed by atoms with Crippen LogP contribution in [0.25, 0.3) is 0 Å². The van der Waals surface area contributed by atoms with E-state index in [0.29, 0.717) is 0 Å². The fraction of sp³-hybridized carbons (Fsp3) is 0. The molecular formula is C22H12Cl6N2O2Si. The van der Waals surface area contributed by atoms with Crippen LogP contribution in [0.1, 0.15) is 0 Å². The van der Waals surface area contributed by atoms with Crippen LogP contribution >= 0.6 is 69.6 Å². The molecule has 33 heavy (non-hydrogen) atoms. The summed E-state index contributed by atoms with van der Waals surface area (Å²) in [5.74, 6) is 0.0863. The lowest BCUT2D eigenvalue weighted by Crippen LogP contribution is -2.68. The minimum Gasteiger partial charge on any atom is -0.490 e. The van der Waals surface area contributed by atoms with Gasteiger partial charge in [0.15, 0.2) is 10.3 Å². The summed E-state index contributed by atoms with van der Waals surface area (Å²) in [5, 5.41) is 2.21. The zero-order valence-electron chi connectivity index (χ0n) is 16.4. The monoisotopic (exact) mass is 574 g/mol. The summed E-state index contributed by atoms with van der Waals surface area (Å²) in [5.41, 5.74) is 0. The molecule has 11 heteroatoms. The fourth-order valence-corrected chi connectivity index (χ4v) is 7.16. The number of halogens is 6. The Kier molecular flexibility index (Phi) is 7.61. The molecule has 0 atom stereocenters. The van der Waals surface area contributed by atoms with Crippen LogP contribution in [0.5, 0.6) is 11.8 Å². The maximum atomic E-state index is 6.53. The molecule has 0 saturated heterocycles. The van der Waals surface area contributed by atoms with Gasteiger partial charge in [0.25, 0.3) is 0 Å². The number of benzene rings is 2. The quantitative estimate of drug-likeness (QED) is 0.181. The average Bonchev–Trinajstić information content (AvgIpc) is 2.81. The summed E-state index contributed by atoms with van der Waals surface area (Å²) in [6, 6.07) is 21.6. The Morgan fingerprint density at radius 2 is 0.879 bits per heavy atom. The molecule has 0 saturated carbocycles. The van der Waals surface area contributed by atoms with Crippen molar-refractivity contribution in [1.82, 2.24) is 9.97 Å². The van der Waals surface area contributed by atoms with Gasteiger partial charge in [-0.15, -0.1) is 0 Å². The van der Waals surface area contributed by atoms with Crippen molar-refractivity contribution in [1.29, 1.82) is 0 Å². The van der Waals surface area contributed by atoms with E-state index in [2.05, 4.69) is 9.97 Å². The molecule has 0 fully saturated rings. The molecule has 4 rings (SSSR count). The van der Waals surface area contributed by atoms with E-state index in [1.165, 1.54) is 12.1 Å². The van der Waals surface area contributed by atoms with Gasteiger partial charge in [-0.05, 0) is 12.1 Å². The summed E-state index contributed by atoms with van der Waals surface area (Å²) in [6.07, 6.45) is 0. The van der Waals surface area contributed by atoms with Crippen molar-refractivity contribution in [3.63, 3.8) is 0 Å². The van der Waals surface area contributed by atoms with Gasteiger partial charge < -0.3 is 8.85 Å². The minimum absolute atomic E-state index is 0.0331. The Bertz CT molecular complexity index is 1190. The van der Waals surface area contributed by atoms with Gasteiger partial charge in [0.1, 0.15) is 10.0 Å². The zero-order valence-corrected chi connectivity index (χ0v) is 21.9. The minimum atomic E-state index is -3.67. The van der Waals surface area contributed by atoms with Crippen LogP contribution in [0.2, 0.25) is 30.4 Å². The normalized spacial score (nSPS) is 11.3. The Hall–Kier alpha value is -1.70. The van der Waals surface area contributed by atoms with Crippen LogP contribution in [0, 0.1) is 0 Å². The maximum absolute atomic E-state index is 6.53. The number of aromatic nitrogens is 2. The second-order valence-corrected chi connectivity index (χ2v) is 11.8. The van der Waals surface area contributed by atoms with E-state index in [-0.39, 0.29) is 42.2 Å². The Labute approximate surface area is 221 Å². The van der Waals surface area contributed by atoms with E-state index in [9.17, 15) is 0 Å². The first-order chi connectivity index (χ1) is 15.8. The predicted octanol–water partition coefficient (Wildman–Crippen LogP) is 7.11. The van der Waals surface area contributed by atoms with E-state index in [0.717, 1.165) is 10.4 Å². The highest BCUT2D eigenvalue weighted by molar-refractivity contribution is 6.93. The van der Waals surface area contributed by atoms with Crippen LogP contribution in [0.3, 0.4) is 0 Å². The van der Waals surface area contributed by atoms with Gasteiger partial charge in [-0.1, -0.05) is 130 Å². The number of hydrogen-bond donors (Lipinski definition) is 0. The lowest BCUT2D eigenvalue weighted by atomic mass is 10.4. The molecule has 4 aromatic rings. The van der Waals surface area contributed by atoms with E-state index in [4.69, 9.17) is 78.5 Å². The molecule has 0 spiro atoms. The molecule has 168 valence electrons. The molecule has 0 aliphatic heterocycles. The molecule has 4 nitrogen and oxygen atoms in total. The van der Waals surface area contributed by atoms with Gasteiger partial charge in [0, 0.05) is 10.4 Å². The highest BCUT2D eigenvalue weighted by Crippen LogP contribution is 2.35. The third kappa shape index (κ3) is 5.20. The van der Waals surface area contributed by atoms with Crippen LogP contribution in [0.4, 0.5) is 0 Å². The van der Waals surface area contributed by atoms with E-state index < -0.39 is 8.56 Å². The molecule has 0 radical (unpaired) electrons. The zero-order chi connectivity index (χ0) is 23.6. The van der Waals surface area contributed by atoms with Crippen LogP contribution in [-0.2, 0) is 0 Å². The summed E-state index contributed by atoms with van der Waals surface area (Å²) >= 11 is 37.3. The summed E-state index contributed by atoms with van der Waals surface area (Å²) in [6.45, 7) is 0. The van der Waals surface area contributed by atoms with Gasteiger partial charge in [0.2, 0.25) is 11.8 Å². The maximum Gasteiger partial charge on any atom is 0.533 e. The highest BCUT2D eigenvalue weighted by Gasteiger charge is 2.49. The smallest absolute Gasteiger partial charge is 0.490 e. The van der Waals surface area contributed by atoms with Crippen molar-refractivity contribution in [3.8, 4) is 11.8 Å². The summed E-state index contributed by atoms with van der Waals surface area (Å²) in [4.78, 5) is 8.47.